The number of benzene rings is 2. The molecule has 1 heterocycles. The third-order valence-electron chi connectivity index (χ3n) is 5.62. The Labute approximate surface area is 176 Å². The van der Waals surface area contributed by atoms with E-state index in [-0.39, 0.29) is 34.4 Å². The van der Waals surface area contributed by atoms with Crippen molar-refractivity contribution < 1.29 is 23.7 Å². The van der Waals surface area contributed by atoms with Crippen LogP contribution in [0.1, 0.15) is 30.1 Å². The standard InChI is InChI=1S/C22H18FN3O5/c1-12-6-8-14-16(10-12)22(29)25(21(14)28)19-5-3-2-4-15(19)20(27)24-18-11-13(26(30)31)7-9-17(18)23/h2-7,9,11,14,16H,8,10H2,1H3,(H,24,27)/t14-,16-/m0/s1. The van der Waals surface area contributed by atoms with Crippen LogP contribution in [0.25, 0.3) is 0 Å². The molecule has 2 aliphatic rings. The number of rotatable bonds is 4. The van der Waals surface area contributed by atoms with Gasteiger partial charge in [-0.1, -0.05) is 23.8 Å². The van der Waals surface area contributed by atoms with Gasteiger partial charge in [-0.25, -0.2) is 9.29 Å². The molecule has 31 heavy (non-hydrogen) atoms. The van der Waals surface area contributed by atoms with Crippen LogP contribution in [0, 0.1) is 27.8 Å². The van der Waals surface area contributed by atoms with Gasteiger partial charge in [-0.2, -0.15) is 0 Å². The fourth-order valence-corrected chi connectivity index (χ4v) is 4.05. The number of nitro groups is 1. The number of hydrogen-bond acceptors (Lipinski definition) is 5. The molecule has 158 valence electrons. The fourth-order valence-electron chi connectivity index (χ4n) is 4.05. The highest BCUT2D eigenvalue weighted by Gasteiger charge is 2.49. The maximum atomic E-state index is 14.1. The van der Waals surface area contributed by atoms with Crippen LogP contribution in [0.5, 0.6) is 0 Å². The van der Waals surface area contributed by atoms with Gasteiger partial charge in [0.25, 0.3) is 11.6 Å². The van der Waals surface area contributed by atoms with Gasteiger partial charge in [-0.3, -0.25) is 24.5 Å². The summed E-state index contributed by atoms with van der Waals surface area (Å²) in [4.78, 5) is 50.2. The van der Waals surface area contributed by atoms with Crippen molar-refractivity contribution in [1.82, 2.24) is 0 Å². The second-order valence-electron chi connectivity index (χ2n) is 7.61. The number of carbonyl (C=O) groups is 3. The Morgan fingerprint density at radius 3 is 2.61 bits per heavy atom. The number of carbonyl (C=O) groups excluding carboxylic acids is 3. The minimum absolute atomic E-state index is 0.0153. The van der Waals surface area contributed by atoms with Crippen LogP contribution in [0.15, 0.2) is 54.1 Å². The first-order valence-corrected chi connectivity index (χ1v) is 9.65. The van der Waals surface area contributed by atoms with Crippen LogP contribution in [-0.2, 0) is 9.59 Å². The molecular formula is C22H18FN3O5. The molecule has 3 amide bonds. The lowest BCUT2D eigenvalue weighted by Gasteiger charge is -2.19. The van der Waals surface area contributed by atoms with Crippen molar-refractivity contribution in [3.05, 3.63) is 75.6 Å². The number of nitrogens with zero attached hydrogens (tertiary/aromatic N) is 2. The summed E-state index contributed by atoms with van der Waals surface area (Å²) in [5.41, 5.74) is 0.367. The number of halogens is 1. The second-order valence-corrected chi connectivity index (χ2v) is 7.61. The molecule has 0 spiro atoms. The molecular weight excluding hydrogens is 405 g/mol. The monoisotopic (exact) mass is 423 g/mol. The van der Waals surface area contributed by atoms with Crippen molar-refractivity contribution >= 4 is 34.8 Å². The first-order chi connectivity index (χ1) is 14.8. The highest BCUT2D eigenvalue weighted by Crippen LogP contribution is 2.40. The summed E-state index contributed by atoms with van der Waals surface area (Å²) in [6.07, 6.45) is 2.89. The Morgan fingerprint density at radius 1 is 1.16 bits per heavy atom. The summed E-state index contributed by atoms with van der Waals surface area (Å²) in [6.45, 7) is 1.91. The zero-order valence-electron chi connectivity index (χ0n) is 16.5. The largest absolute Gasteiger partial charge is 0.319 e. The summed E-state index contributed by atoms with van der Waals surface area (Å²) in [6, 6.07) is 8.80. The predicted octanol–water partition coefficient (Wildman–Crippen LogP) is 3.83. The number of allylic oxidation sites excluding steroid dienone is 2. The first kappa shape index (κ1) is 20.4. The number of amides is 3. The Balaban J connectivity index is 1.66. The average Bonchev–Trinajstić information content (AvgIpc) is 2.99. The van der Waals surface area contributed by atoms with Gasteiger partial charge in [0.1, 0.15) is 5.82 Å². The molecule has 8 nitrogen and oxygen atoms in total. The van der Waals surface area contributed by atoms with E-state index in [1.54, 1.807) is 12.1 Å². The van der Waals surface area contributed by atoms with Crippen LogP contribution in [0.2, 0.25) is 0 Å². The molecule has 0 unspecified atom stereocenters. The van der Waals surface area contributed by atoms with E-state index in [0.717, 1.165) is 28.7 Å². The van der Waals surface area contributed by atoms with Crippen molar-refractivity contribution in [3.8, 4) is 0 Å². The molecule has 0 bridgehead atoms. The number of non-ortho nitro benzene ring substituents is 1. The molecule has 9 heteroatoms. The lowest BCUT2D eigenvalue weighted by Crippen LogP contribution is -2.33. The molecule has 1 aliphatic heterocycles. The van der Waals surface area contributed by atoms with E-state index in [9.17, 15) is 28.9 Å². The van der Waals surface area contributed by atoms with Gasteiger partial charge < -0.3 is 5.32 Å². The number of nitrogens with one attached hydrogen (secondary N) is 1. The normalized spacial score (nSPS) is 20.3. The smallest absolute Gasteiger partial charge is 0.271 e. The number of imide groups is 1. The van der Waals surface area contributed by atoms with Crippen molar-refractivity contribution in [1.29, 1.82) is 0 Å². The van der Waals surface area contributed by atoms with E-state index in [0.29, 0.717) is 12.8 Å². The van der Waals surface area contributed by atoms with Gasteiger partial charge in [-0.05, 0) is 38.0 Å². The Hall–Kier alpha value is -3.88. The molecule has 2 aromatic rings. The number of para-hydroxylation sites is 1. The topological polar surface area (TPSA) is 110 Å². The quantitative estimate of drug-likeness (QED) is 0.348. The molecule has 4 rings (SSSR count). The highest BCUT2D eigenvalue weighted by atomic mass is 19.1. The maximum absolute atomic E-state index is 14.1. The van der Waals surface area contributed by atoms with E-state index in [2.05, 4.69) is 5.32 Å². The van der Waals surface area contributed by atoms with Gasteiger partial charge in [0, 0.05) is 12.1 Å². The van der Waals surface area contributed by atoms with E-state index >= 15 is 0 Å². The van der Waals surface area contributed by atoms with Gasteiger partial charge in [0.15, 0.2) is 0 Å². The Kier molecular flexibility index (Phi) is 5.10. The zero-order chi connectivity index (χ0) is 22.3. The summed E-state index contributed by atoms with van der Waals surface area (Å²) in [5, 5.41) is 13.3. The highest BCUT2D eigenvalue weighted by molar-refractivity contribution is 6.25. The summed E-state index contributed by atoms with van der Waals surface area (Å²) >= 11 is 0. The molecule has 1 aliphatic carbocycles. The van der Waals surface area contributed by atoms with Crippen LogP contribution in [-0.4, -0.2) is 22.6 Å². The SMILES string of the molecule is CC1=CC[C@@H]2C(=O)N(c3ccccc3C(=O)Nc3cc([N+](=O)[O-])ccc3F)C(=O)[C@H]2C1. The summed E-state index contributed by atoms with van der Waals surface area (Å²) < 4.78 is 14.1. The van der Waals surface area contributed by atoms with E-state index < -0.39 is 28.5 Å². The Morgan fingerprint density at radius 2 is 1.87 bits per heavy atom. The van der Waals surface area contributed by atoms with Crippen molar-refractivity contribution in [2.24, 2.45) is 11.8 Å². The Bertz CT molecular complexity index is 1160. The molecule has 0 aromatic heterocycles. The first-order valence-electron chi connectivity index (χ1n) is 9.65. The van der Waals surface area contributed by atoms with E-state index in [1.165, 1.54) is 12.1 Å². The van der Waals surface area contributed by atoms with Gasteiger partial charge in [0.2, 0.25) is 11.8 Å². The lowest BCUT2D eigenvalue weighted by molar-refractivity contribution is -0.384. The minimum Gasteiger partial charge on any atom is -0.319 e. The third-order valence-corrected chi connectivity index (χ3v) is 5.62. The van der Waals surface area contributed by atoms with Crippen molar-refractivity contribution in [2.45, 2.75) is 19.8 Å². The molecule has 2 aromatic carbocycles. The van der Waals surface area contributed by atoms with Gasteiger partial charge in [0.05, 0.1) is 33.7 Å². The molecule has 0 radical (unpaired) electrons. The summed E-state index contributed by atoms with van der Waals surface area (Å²) in [5.74, 6) is -3.33. The molecule has 1 saturated heterocycles. The number of anilines is 2. The number of fused-ring (bicyclic) bond motifs is 1. The fraction of sp³-hybridized carbons (Fsp3) is 0.227. The van der Waals surface area contributed by atoms with Crippen LogP contribution in [0.4, 0.5) is 21.5 Å². The summed E-state index contributed by atoms with van der Waals surface area (Å²) in [7, 11) is 0. The second kappa shape index (κ2) is 7.75. The molecule has 1 fully saturated rings. The van der Waals surface area contributed by atoms with E-state index in [1.807, 2.05) is 13.0 Å². The van der Waals surface area contributed by atoms with Crippen LogP contribution >= 0.6 is 0 Å². The molecule has 1 N–H and O–H groups in total. The van der Waals surface area contributed by atoms with Gasteiger partial charge >= 0.3 is 0 Å². The van der Waals surface area contributed by atoms with Gasteiger partial charge in [-0.15, -0.1) is 0 Å². The number of hydrogen-bond donors (Lipinski definition) is 1. The van der Waals surface area contributed by atoms with Crippen LogP contribution < -0.4 is 10.2 Å². The van der Waals surface area contributed by atoms with Crippen LogP contribution in [0.3, 0.4) is 0 Å². The average molecular weight is 423 g/mol. The number of nitro benzene ring substituents is 1. The van der Waals surface area contributed by atoms with Crippen molar-refractivity contribution in [2.75, 3.05) is 10.2 Å². The minimum atomic E-state index is -0.850. The zero-order valence-corrected chi connectivity index (χ0v) is 16.5. The maximum Gasteiger partial charge on any atom is 0.271 e. The molecule has 0 saturated carbocycles. The predicted molar refractivity (Wildman–Crippen MR) is 110 cm³/mol. The van der Waals surface area contributed by atoms with E-state index in [4.69, 9.17) is 0 Å². The lowest BCUT2D eigenvalue weighted by atomic mass is 9.82. The third kappa shape index (κ3) is 3.58. The molecule has 2 atom stereocenters. The van der Waals surface area contributed by atoms with Crippen molar-refractivity contribution in [3.63, 3.8) is 0 Å².